The number of fused-ring (bicyclic) bond motifs is 5. The lowest BCUT2D eigenvalue weighted by molar-refractivity contribution is -0.145. The number of nitrogens with one attached hydrogen (secondary N) is 1. The molecule has 0 saturated heterocycles. The van der Waals surface area contributed by atoms with E-state index < -0.39 is 23.4 Å². The first kappa shape index (κ1) is 29.3. The van der Waals surface area contributed by atoms with Crippen molar-refractivity contribution in [3.8, 4) is 12.3 Å². The zero-order valence-electron chi connectivity index (χ0n) is 23.8. The molecule has 0 aliphatic heterocycles. The molecule has 214 valence electrons. The number of allylic oxidation sites excluding steroid dienone is 2. The molecule has 0 aromatic carbocycles. The number of oxime groups is 1. The van der Waals surface area contributed by atoms with Gasteiger partial charge in [0, 0.05) is 11.8 Å². The Morgan fingerprint density at radius 2 is 1.87 bits per heavy atom. The van der Waals surface area contributed by atoms with E-state index in [4.69, 9.17) is 11.3 Å². The summed E-state index contributed by atoms with van der Waals surface area (Å²) in [5, 5.41) is 27.1. The molecule has 0 aromatic heterocycles. The number of nitrogens with zero attached hydrogens (tertiary/aromatic N) is 1. The van der Waals surface area contributed by atoms with Gasteiger partial charge in [0.2, 0.25) is 0 Å². The van der Waals surface area contributed by atoms with Crippen LogP contribution in [0.2, 0.25) is 0 Å². The predicted molar refractivity (Wildman–Crippen MR) is 147 cm³/mol. The van der Waals surface area contributed by atoms with Crippen molar-refractivity contribution < 1.29 is 29.4 Å². The number of carboxylic acids is 1. The standard InChI is InChI=1S/C31H44N2O6/c1-6-31(38)14-11-26-23-8-7-20-15-21(9-12-29(20,4)25(23)10-13-30(26,31)5)33-39-18-27(35)32-17-22(34)16-24(19(2)3)28(36)37/h1,15,19,23-26,38H,7-14,16-18H2,2-5H3,(H,32,35)(H,36,37)/b33-21+/t23?,24?,25?,26?,29-,30-,31?/m0/s1. The summed E-state index contributed by atoms with van der Waals surface area (Å²) in [6, 6.07) is 0. The van der Waals surface area contributed by atoms with Gasteiger partial charge < -0.3 is 20.4 Å². The fourth-order valence-electron chi connectivity index (χ4n) is 8.24. The van der Waals surface area contributed by atoms with Crippen LogP contribution in [0.5, 0.6) is 0 Å². The van der Waals surface area contributed by atoms with Crippen LogP contribution in [0.25, 0.3) is 0 Å². The van der Waals surface area contributed by atoms with Crippen LogP contribution in [0, 0.1) is 52.8 Å². The number of hydrogen-bond acceptors (Lipinski definition) is 6. The molecule has 0 aromatic rings. The first-order valence-electron chi connectivity index (χ1n) is 14.5. The van der Waals surface area contributed by atoms with E-state index in [0.717, 1.165) is 50.7 Å². The summed E-state index contributed by atoms with van der Waals surface area (Å²) in [7, 11) is 0. The second-order valence-corrected chi connectivity index (χ2v) is 13.1. The van der Waals surface area contributed by atoms with Crippen molar-refractivity contribution in [1.29, 1.82) is 0 Å². The Morgan fingerprint density at radius 3 is 2.54 bits per heavy atom. The Labute approximate surface area is 232 Å². The number of hydrogen-bond donors (Lipinski definition) is 3. The highest BCUT2D eigenvalue weighted by atomic mass is 16.6. The van der Waals surface area contributed by atoms with Gasteiger partial charge in [-0.05, 0) is 86.5 Å². The van der Waals surface area contributed by atoms with Gasteiger partial charge >= 0.3 is 5.97 Å². The highest BCUT2D eigenvalue weighted by molar-refractivity contribution is 5.96. The van der Waals surface area contributed by atoms with Gasteiger partial charge in [0.1, 0.15) is 5.60 Å². The van der Waals surface area contributed by atoms with Crippen LogP contribution in [0.1, 0.15) is 85.5 Å². The molecule has 1 amide bonds. The maximum absolute atomic E-state index is 12.1. The molecular weight excluding hydrogens is 496 g/mol. The Morgan fingerprint density at radius 1 is 1.15 bits per heavy atom. The van der Waals surface area contributed by atoms with Crippen molar-refractivity contribution in [2.24, 2.45) is 45.6 Å². The van der Waals surface area contributed by atoms with Crippen LogP contribution in [-0.2, 0) is 19.2 Å². The maximum Gasteiger partial charge on any atom is 0.307 e. The number of terminal acetylenes is 1. The molecule has 3 saturated carbocycles. The predicted octanol–water partition coefficient (Wildman–Crippen LogP) is 4.12. The van der Waals surface area contributed by atoms with Crippen LogP contribution in [-0.4, -0.2) is 52.3 Å². The van der Waals surface area contributed by atoms with E-state index in [1.807, 2.05) is 0 Å². The normalized spacial score (nSPS) is 37.1. The Balaban J connectivity index is 1.31. The number of ketones is 1. The molecule has 8 nitrogen and oxygen atoms in total. The second kappa shape index (κ2) is 11.1. The van der Waals surface area contributed by atoms with Gasteiger partial charge in [-0.2, -0.15) is 0 Å². The molecule has 3 N–H and O–H groups in total. The van der Waals surface area contributed by atoms with Crippen LogP contribution in [0.15, 0.2) is 16.8 Å². The third-order valence-electron chi connectivity index (χ3n) is 10.8. The number of amides is 1. The summed E-state index contributed by atoms with van der Waals surface area (Å²) in [5.41, 5.74) is 1.14. The van der Waals surface area contributed by atoms with E-state index in [0.29, 0.717) is 24.2 Å². The minimum atomic E-state index is -1.01. The third kappa shape index (κ3) is 5.39. The zero-order valence-corrected chi connectivity index (χ0v) is 23.8. The topological polar surface area (TPSA) is 125 Å². The average molecular weight is 541 g/mol. The maximum atomic E-state index is 12.1. The number of aliphatic hydroxyl groups is 1. The number of carbonyl (C=O) groups excluding carboxylic acids is 2. The third-order valence-corrected chi connectivity index (χ3v) is 10.8. The molecule has 4 aliphatic carbocycles. The molecule has 0 radical (unpaired) electrons. The van der Waals surface area contributed by atoms with E-state index in [1.165, 1.54) is 5.57 Å². The lowest BCUT2D eigenvalue weighted by Crippen LogP contribution is -2.54. The summed E-state index contributed by atoms with van der Waals surface area (Å²) in [5.74, 6) is 1.61. The lowest BCUT2D eigenvalue weighted by atomic mass is 9.46. The fourth-order valence-corrected chi connectivity index (χ4v) is 8.24. The lowest BCUT2D eigenvalue weighted by Gasteiger charge is -2.58. The van der Waals surface area contributed by atoms with Crippen molar-refractivity contribution in [3.05, 3.63) is 11.6 Å². The molecule has 0 spiro atoms. The van der Waals surface area contributed by atoms with Crippen LogP contribution < -0.4 is 5.32 Å². The molecule has 3 fully saturated rings. The first-order chi connectivity index (χ1) is 18.3. The van der Waals surface area contributed by atoms with E-state index in [1.54, 1.807) is 13.8 Å². The molecule has 4 aliphatic rings. The van der Waals surface area contributed by atoms with E-state index >= 15 is 0 Å². The van der Waals surface area contributed by atoms with Gasteiger partial charge in [-0.15, -0.1) is 6.42 Å². The molecule has 4 rings (SSSR count). The van der Waals surface area contributed by atoms with Crippen LogP contribution in [0.3, 0.4) is 0 Å². The summed E-state index contributed by atoms with van der Waals surface area (Å²) in [4.78, 5) is 40.9. The largest absolute Gasteiger partial charge is 0.481 e. The summed E-state index contributed by atoms with van der Waals surface area (Å²) < 4.78 is 0. The van der Waals surface area contributed by atoms with Gasteiger partial charge in [0.25, 0.3) is 5.91 Å². The summed E-state index contributed by atoms with van der Waals surface area (Å²) >= 11 is 0. The minimum Gasteiger partial charge on any atom is -0.481 e. The molecule has 5 unspecified atom stereocenters. The molecule has 0 bridgehead atoms. The Bertz CT molecular complexity index is 1100. The summed E-state index contributed by atoms with van der Waals surface area (Å²) in [6.07, 6.45) is 15.4. The van der Waals surface area contributed by atoms with Gasteiger partial charge in [0.15, 0.2) is 12.4 Å². The molecule has 39 heavy (non-hydrogen) atoms. The SMILES string of the molecule is C#CC1(O)CCC2C3CCC4=C/C(=N/OCC(=O)NCC(=O)CC(C(=O)O)C(C)C)CC[C@]4(C)C3CC[C@@]21C. The number of aliphatic carboxylic acids is 1. The van der Waals surface area contributed by atoms with Gasteiger partial charge in [0.05, 0.1) is 18.2 Å². The first-order valence-corrected chi connectivity index (χ1v) is 14.5. The number of carboxylic acid groups (broad SMARTS) is 1. The van der Waals surface area contributed by atoms with E-state index in [2.05, 4.69) is 36.3 Å². The monoisotopic (exact) mass is 540 g/mol. The summed E-state index contributed by atoms with van der Waals surface area (Å²) in [6.45, 7) is 7.59. The highest BCUT2D eigenvalue weighted by Crippen LogP contribution is 2.67. The van der Waals surface area contributed by atoms with Gasteiger partial charge in [-0.1, -0.05) is 44.3 Å². The van der Waals surface area contributed by atoms with Crippen molar-refractivity contribution in [2.45, 2.75) is 91.1 Å². The molecule has 8 heteroatoms. The van der Waals surface area contributed by atoms with Crippen LogP contribution in [0.4, 0.5) is 0 Å². The van der Waals surface area contributed by atoms with E-state index in [-0.39, 0.29) is 42.1 Å². The smallest absolute Gasteiger partial charge is 0.307 e. The number of rotatable bonds is 9. The Kier molecular flexibility index (Phi) is 8.33. The van der Waals surface area contributed by atoms with E-state index in [9.17, 15) is 24.6 Å². The molecular formula is C31H44N2O6. The van der Waals surface area contributed by atoms with Gasteiger partial charge in [-0.25, -0.2) is 0 Å². The van der Waals surface area contributed by atoms with Crippen molar-refractivity contribution in [2.75, 3.05) is 13.2 Å². The van der Waals surface area contributed by atoms with Crippen molar-refractivity contribution in [3.63, 3.8) is 0 Å². The molecule has 0 heterocycles. The Hall–Kier alpha value is -2.66. The quantitative estimate of drug-likeness (QED) is 0.298. The molecule has 7 atom stereocenters. The van der Waals surface area contributed by atoms with Crippen molar-refractivity contribution in [1.82, 2.24) is 5.32 Å². The zero-order chi connectivity index (χ0) is 28.6. The fraction of sp³-hybridized carbons (Fsp3) is 0.742. The minimum absolute atomic E-state index is 0.0989. The number of carbonyl (C=O) groups is 3. The van der Waals surface area contributed by atoms with Crippen LogP contribution >= 0.6 is 0 Å². The second-order valence-electron chi connectivity index (χ2n) is 13.1. The number of Topliss-reactive ketones (excluding diaryl/α,β-unsaturated/α-hetero) is 1. The average Bonchev–Trinajstić information content (AvgIpc) is 3.16. The van der Waals surface area contributed by atoms with Crippen molar-refractivity contribution >= 4 is 23.4 Å². The highest BCUT2D eigenvalue weighted by Gasteiger charge is 2.63. The van der Waals surface area contributed by atoms with Gasteiger partial charge in [-0.3, -0.25) is 14.4 Å².